The van der Waals surface area contributed by atoms with E-state index >= 15 is 0 Å². The molecule has 0 atom stereocenters. The van der Waals surface area contributed by atoms with Gasteiger partial charge in [-0.1, -0.05) is 48.5 Å². The number of benzene rings is 2. The van der Waals surface area contributed by atoms with E-state index in [0.29, 0.717) is 18.7 Å². The lowest BCUT2D eigenvalue weighted by atomic mass is 10.1. The van der Waals surface area contributed by atoms with Gasteiger partial charge in [0.1, 0.15) is 16.9 Å². The quantitative estimate of drug-likeness (QED) is 0.134. The van der Waals surface area contributed by atoms with Crippen LogP contribution >= 0.6 is 0 Å². The minimum atomic E-state index is -1.00. The molecule has 53 heavy (non-hydrogen) atoms. The van der Waals surface area contributed by atoms with Crippen molar-refractivity contribution in [3.63, 3.8) is 0 Å². The smallest absolute Gasteiger partial charge is 0.353 e. The number of nitrogens with one attached hydrogen (secondary N) is 1. The number of esters is 2. The average Bonchev–Trinajstić information content (AvgIpc) is 4.01. The zero-order valence-electron chi connectivity index (χ0n) is 31.1. The van der Waals surface area contributed by atoms with Crippen LogP contribution in [0.1, 0.15) is 79.4 Å². The highest BCUT2D eigenvalue weighted by Crippen LogP contribution is 2.48. The van der Waals surface area contributed by atoms with Gasteiger partial charge in [0.2, 0.25) is 11.6 Å². The second-order valence-electron chi connectivity index (χ2n) is 14.7. The summed E-state index contributed by atoms with van der Waals surface area (Å²) in [5.74, 6) is -0.430. The number of nitro groups is 1. The third kappa shape index (κ3) is 9.11. The standard InChI is InChI=1S/C22H28N6O4.C17H24N2O2/c1-15-24-19(23)18(28(30)31)20(25-15)27(22(8-9-22)21(29)32-2)14-17-7-5-6-16(12-17)13-26-10-3-4-11-26;1-21-16(20)17(7-8-17)18-12-14-5-4-6-15(11-14)13-19-9-2-3-10-19/h5-7,12H,3-4,8-11,13-14H2,1-2H3,(H2,23,24,25);4-6,11,18H,2-3,7-10,12-13H2,1H3. The van der Waals surface area contributed by atoms with Crippen molar-refractivity contribution in [1.29, 1.82) is 0 Å². The summed E-state index contributed by atoms with van der Waals surface area (Å²) in [5, 5.41) is 15.2. The molecule has 4 aliphatic rings. The van der Waals surface area contributed by atoms with Gasteiger partial charge < -0.3 is 20.1 Å². The molecule has 0 bridgehead atoms. The molecule has 1 aromatic heterocycles. The normalized spacial score (nSPS) is 18.5. The number of likely N-dealkylation sites (tertiary alicyclic amines) is 2. The van der Waals surface area contributed by atoms with Crippen LogP contribution in [-0.4, -0.2) is 88.1 Å². The minimum absolute atomic E-state index is 0.0489. The second-order valence-corrected chi connectivity index (χ2v) is 14.7. The summed E-state index contributed by atoms with van der Waals surface area (Å²) in [4.78, 5) is 50.6. The molecule has 284 valence electrons. The van der Waals surface area contributed by atoms with Gasteiger partial charge in [-0.05, 0) is 107 Å². The first-order valence-corrected chi connectivity index (χ1v) is 18.6. The number of hydrogen-bond acceptors (Lipinski definition) is 13. The van der Waals surface area contributed by atoms with Crippen molar-refractivity contribution in [1.82, 2.24) is 25.1 Å². The van der Waals surface area contributed by atoms with E-state index in [4.69, 9.17) is 15.2 Å². The third-order valence-electron chi connectivity index (χ3n) is 10.7. The Balaban J connectivity index is 0.000000198. The molecule has 0 amide bonds. The predicted octanol–water partition coefficient (Wildman–Crippen LogP) is 4.66. The Morgan fingerprint density at radius 2 is 1.38 bits per heavy atom. The van der Waals surface area contributed by atoms with Crippen LogP contribution in [0.2, 0.25) is 0 Å². The van der Waals surface area contributed by atoms with E-state index in [2.05, 4.69) is 61.5 Å². The van der Waals surface area contributed by atoms with E-state index in [-0.39, 0.29) is 29.8 Å². The summed E-state index contributed by atoms with van der Waals surface area (Å²) >= 11 is 0. The first-order valence-electron chi connectivity index (χ1n) is 18.6. The van der Waals surface area contributed by atoms with Gasteiger partial charge in [-0.3, -0.25) is 30.0 Å². The molecular weight excluding hydrogens is 676 g/mol. The number of hydrogen-bond donors (Lipinski definition) is 2. The van der Waals surface area contributed by atoms with Crippen LogP contribution in [0.4, 0.5) is 17.3 Å². The van der Waals surface area contributed by atoms with E-state index in [1.54, 1.807) is 11.8 Å². The molecule has 3 heterocycles. The maximum Gasteiger partial charge on any atom is 0.353 e. The van der Waals surface area contributed by atoms with Crippen LogP contribution < -0.4 is 16.0 Å². The highest BCUT2D eigenvalue weighted by molar-refractivity contribution is 5.90. The predicted molar refractivity (Wildman–Crippen MR) is 201 cm³/mol. The molecule has 0 radical (unpaired) electrons. The third-order valence-corrected chi connectivity index (χ3v) is 10.7. The van der Waals surface area contributed by atoms with Crippen LogP contribution in [0.5, 0.6) is 0 Å². The van der Waals surface area contributed by atoms with Crippen LogP contribution in [0.3, 0.4) is 0 Å². The van der Waals surface area contributed by atoms with Gasteiger partial charge in [0.25, 0.3) is 0 Å². The van der Waals surface area contributed by atoms with E-state index in [9.17, 15) is 19.7 Å². The number of aryl methyl sites for hydroxylation is 1. The number of anilines is 2. The molecule has 2 aliphatic heterocycles. The summed E-state index contributed by atoms with van der Waals surface area (Å²) < 4.78 is 9.93. The summed E-state index contributed by atoms with van der Waals surface area (Å²) in [6.07, 6.45) is 7.88. The molecule has 2 aliphatic carbocycles. The van der Waals surface area contributed by atoms with Gasteiger partial charge in [-0.25, -0.2) is 14.8 Å². The van der Waals surface area contributed by atoms with E-state index < -0.39 is 22.0 Å². The minimum Gasteiger partial charge on any atom is -0.468 e. The topological polar surface area (TPSA) is 169 Å². The maximum atomic E-state index is 12.7. The SMILES string of the molecule is COC(=O)C1(N(Cc2cccc(CN3CCCC3)c2)c2nc(C)nc(N)c2[N+](=O)[O-])CC1.COC(=O)C1(NCc2cccc(CN3CCCC3)c2)CC1. The molecule has 2 saturated carbocycles. The Bertz CT molecular complexity index is 1780. The second kappa shape index (κ2) is 16.6. The number of carbonyl (C=O) groups is 2. The monoisotopic (exact) mass is 728 g/mol. The van der Waals surface area contributed by atoms with Crippen LogP contribution in [-0.2, 0) is 45.2 Å². The fourth-order valence-corrected chi connectivity index (χ4v) is 7.55. The molecule has 0 spiro atoms. The molecule has 0 unspecified atom stereocenters. The molecular formula is C39H52N8O6. The molecule has 4 fully saturated rings. The molecule has 3 aromatic rings. The van der Waals surface area contributed by atoms with Gasteiger partial charge in [0.15, 0.2) is 0 Å². The lowest BCUT2D eigenvalue weighted by Gasteiger charge is -2.31. The Morgan fingerprint density at radius 3 is 1.89 bits per heavy atom. The van der Waals surface area contributed by atoms with Crippen molar-refractivity contribution in [2.75, 3.05) is 51.0 Å². The molecule has 2 saturated heterocycles. The van der Waals surface area contributed by atoms with Crippen LogP contribution in [0.15, 0.2) is 48.5 Å². The molecule has 2 aromatic carbocycles. The number of rotatable bonds is 14. The van der Waals surface area contributed by atoms with E-state index in [1.807, 2.05) is 12.1 Å². The molecule has 7 rings (SSSR count). The van der Waals surface area contributed by atoms with Crippen LogP contribution in [0.25, 0.3) is 0 Å². The first-order chi connectivity index (χ1) is 25.6. The number of ether oxygens (including phenoxy) is 2. The van der Waals surface area contributed by atoms with Crippen molar-refractivity contribution in [2.24, 2.45) is 0 Å². The van der Waals surface area contributed by atoms with E-state index in [0.717, 1.165) is 51.1 Å². The van der Waals surface area contributed by atoms with Crippen molar-refractivity contribution >= 4 is 29.3 Å². The highest BCUT2D eigenvalue weighted by atomic mass is 16.6. The number of carbonyl (C=O) groups excluding carboxylic acids is 2. The summed E-state index contributed by atoms with van der Waals surface area (Å²) in [6, 6.07) is 16.8. The van der Waals surface area contributed by atoms with Crippen molar-refractivity contribution < 1.29 is 24.0 Å². The number of nitrogens with zero attached hydrogens (tertiary/aromatic N) is 6. The molecule has 14 nitrogen and oxygen atoms in total. The van der Waals surface area contributed by atoms with Crippen molar-refractivity contribution in [3.8, 4) is 0 Å². The van der Waals surface area contributed by atoms with Crippen molar-refractivity contribution in [2.45, 2.75) is 95.5 Å². The number of methoxy groups -OCH3 is 2. The molecule has 3 N–H and O–H groups in total. The fraction of sp³-hybridized carbons (Fsp3) is 0.538. The lowest BCUT2D eigenvalue weighted by molar-refractivity contribution is -0.383. The Labute approximate surface area is 311 Å². The Kier molecular flexibility index (Phi) is 11.9. The van der Waals surface area contributed by atoms with Crippen LogP contribution in [0, 0.1) is 17.0 Å². The zero-order valence-corrected chi connectivity index (χ0v) is 31.1. The number of nitrogen functional groups attached to an aromatic ring is 1. The highest BCUT2D eigenvalue weighted by Gasteiger charge is 2.58. The summed E-state index contributed by atoms with van der Waals surface area (Å²) in [6.45, 7) is 9.12. The Morgan fingerprint density at radius 1 is 0.849 bits per heavy atom. The molecule has 14 heteroatoms. The Hall–Kier alpha value is -4.66. The number of nitrogens with two attached hydrogens (primary N) is 1. The van der Waals surface area contributed by atoms with Gasteiger partial charge in [-0.2, -0.15) is 0 Å². The lowest BCUT2D eigenvalue weighted by Crippen LogP contribution is -2.45. The first kappa shape index (κ1) is 38.1. The zero-order chi connectivity index (χ0) is 37.6. The van der Waals surface area contributed by atoms with Gasteiger partial charge in [0, 0.05) is 26.2 Å². The van der Waals surface area contributed by atoms with Gasteiger partial charge >= 0.3 is 17.6 Å². The van der Waals surface area contributed by atoms with E-state index in [1.165, 1.54) is 69.7 Å². The fourth-order valence-electron chi connectivity index (χ4n) is 7.55. The van der Waals surface area contributed by atoms with Gasteiger partial charge in [0.05, 0.1) is 19.1 Å². The van der Waals surface area contributed by atoms with Crippen molar-refractivity contribution in [3.05, 3.63) is 86.7 Å². The average molecular weight is 729 g/mol. The number of aromatic nitrogens is 2. The summed E-state index contributed by atoms with van der Waals surface area (Å²) in [7, 11) is 2.78. The largest absolute Gasteiger partial charge is 0.468 e. The maximum absolute atomic E-state index is 12.7. The summed E-state index contributed by atoms with van der Waals surface area (Å²) in [5.41, 5.74) is 8.79. The van der Waals surface area contributed by atoms with Gasteiger partial charge in [-0.15, -0.1) is 0 Å².